The molecule has 0 aliphatic heterocycles. The average Bonchev–Trinajstić information content (AvgIpc) is 3.40. The SMILES string of the molecule is CC/C=C\C/C=C\C/C=C\C/C=C\CCCCCCCCCCCCCCCCCCCCC(=O)OCC(COC(=O)CCCCCCCCCCCCCC)OC(=O)CC/C=C\C/C=C\C/C=C\C/C=C\CC. The van der Waals surface area contributed by atoms with Crippen LogP contribution in [-0.2, 0) is 28.6 Å². The summed E-state index contributed by atoms with van der Waals surface area (Å²) in [5.41, 5.74) is 0. The van der Waals surface area contributed by atoms with Crippen LogP contribution in [0, 0.1) is 0 Å². The van der Waals surface area contributed by atoms with Crippen LogP contribution >= 0.6 is 0 Å². The first kappa shape index (κ1) is 70.3. The van der Waals surface area contributed by atoms with Crippen molar-refractivity contribution in [1.82, 2.24) is 0 Å². The maximum atomic E-state index is 12.8. The van der Waals surface area contributed by atoms with Gasteiger partial charge in [0.05, 0.1) is 0 Å². The molecule has 0 aromatic heterocycles. The van der Waals surface area contributed by atoms with Gasteiger partial charge in [0.2, 0.25) is 0 Å². The maximum absolute atomic E-state index is 12.8. The standard InChI is InChI=1S/C68H116O6/c1-4-7-10-13-16-19-22-25-26-27-28-29-30-31-32-33-34-35-36-37-38-39-40-41-42-44-46-49-52-55-58-61-67(70)73-64-65(63-72-66(69)60-57-54-51-48-45-24-21-18-15-12-9-6-3)74-68(71)62-59-56-53-50-47-43-23-20-17-14-11-8-5-2/h7-8,10-11,16-17,19-20,25-26,28-29,43,47,53,56,65H,4-6,9,12-15,18,21-24,27,30-42,44-46,48-52,54-55,57-64H2,1-3H3/b10-7-,11-8-,19-16-,20-17-,26-25-,29-28-,47-43-,56-53-. The fraction of sp³-hybridized carbons (Fsp3) is 0.721. The van der Waals surface area contributed by atoms with Gasteiger partial charge in [0, 0.05) is 19.3 Å². The second-order valence-corrected chi connectivity index (χ2v) is 20.6. The van der Waals surface area contributed by atoms with E-state index in [2.05, 4.69) is 112 Å². The van der Waals surface area contributed by atoms with E-state index in [1.807, 2.05) is 6.08 Å². The molecule has 0 aliphatic rings. The van der Waals surface area contributed by atoms with Crippen molar-refractivity contribution in [3.8, 4) is 0 Å². The molecule has 0 rings (SSSR count). The third-order valence-electron chi connectivity index (χ3n) is 13.3. The molecule has 0 saturated carbocycles. The Morgan fingerprint density at radius 1 is 0.284 bits per heavy atom. The summed E-state index contributed by atoms with van der Waals surface area (Å²) in [5, 5.41) is 0. The lowest BCUT2D eigenvalue weighted by molar-refractivity contribution is -0.166. The van der Waals surface area contributed by atoms with Gasteiger partial charge in [-0.2, -0.15) is 0 Å². The second-order valence-electron chi connectivity index (χ2n) is 20.6. The van der Waals surface area contributed by atoms with Crippen LogP contribution in [-0.4, -0.2) is 37.2 Å². The molecule has 0 spiro atoms. The van der Waals surface area contributed by atoms with E-state index in [0.717, 1.165) is 89.9 Å². The summed E-state index contributed by atoms with van der Waals surface area (Å²) in [5.74, 6) is -0.975. The predicted molar refractivity (Wildman–Crippen MR) is 320 cm³/mol. The van der Waals surface area contributed by atoms with Crippen LogP contribution in [0.2, 0.25) is 0 Å². The van der Waals surface area contributed by atoms with E-state index in [-0.39, 0.29) is 37.5 Å². The molecule has 0 amide bonds. The van der Waals surface area contributed by atoms with E-state index in [4.69, 9.17) is 14.2 Å². The molecule has 0 N–H and O–H groups in total. The minimum atomic E-state index is -0.812. The van der Waals surface area contributed by atoms with Gasteiger partial charge in [-0.05, 0) is 83.5 Å². The number of ether oxygens (including phenoxy) is 3. The van der Waals surface area contributed by atoms with E-state index in [1.165, 1.54) is 161 Å². The van der Waals surface area contributed by atoms with Crippen LogP contribution in [0.25, 0.3) is 0 Å². The fourth-order valence-electron chi connectivity index (χ4n) is 8.74. The Labute approximate surface area is 457 Å². The van der Waals surface area contributed by atoms with Crippen molar-refractivity contribution in [3.05, 3.63) is 97.2 Å². The van der Waals surface area contributed by atoms with Crippen LogP contribution in [0.3, 0.4) is 0 Å². The lowest BCUT2D eigenvalue weighted by atomic mass is 10.0. The maximum Gasteiger partial charge on any atom is 0.306 e. The highest BCUT2D eigenvalue weighted by molar-refractivity contribution is 5.71. The van der Waals surface area contributed by atoms with Gasteiger partial charge in [0.15, 0.2) is 6.10 Å². The molecule has 0 fully saturated rings. The zero-order valence-corrected chi connectivity index (χ0v) is 48.6. The van der Waals surface area contributed by atoms with E-state index < -0.39 is 6.10 Å². The Hall–Kier alpha value is -3.67. The first-order valence-corrected chi connectivity index (χ1v) is 31.2. The fourth-order valence-corrected chi connectivity index (χ4v) is 8.74. The van der Waals surface area contributed by atoms with Gasteiger partial charge in [0.1, 0.15) is 13.2 Å². The summed E-state index contributed by atoms with van der Waals surface area (Å²) in [6.07, 6.45) is 83.1. The molecule has 0 aromatic carbocycles. The molecule has 0 aliphatic carbocycles. The van der Waals surface area contributed by atoms with Crippen LogP contribution < -0.4 is 0 Å². The number of esters is 3. The van der Waals surface area contributed by atoms with Gasteiger partial charge in [-0.3, -0.25) is 14.4 Å². The van der Waals surface area contributed by atoms with Gasteiger partial charge in [-0.1, -0.05) is 291 Å². The largest absolute Gasteiger partial charge is 0.462 e. The molecule has 6 nitrogen and oxygen atoms in total. The molecule has 1 unspecified atom stereocenters. The predicted octanol–water partition coefficient (Wildman–Crippen LogP) is 21.3. The topological polar surface area (TPSA) is 78.9 Å². The van der Waals surface area contributed by atoms with E-state index in [1.54, 1.807) is 0 Å². The van der Waals surface area contributed by atoms with Gasteiger partial charge in [-0.25, -0.2) is 0 Å². The Kier molecular flexibility index (Phi) is 58.8. The van der Waals surface area contributed by atoms with Gasteiger partial charge < -0.3 is 14.2 Å². The molecule has 1 atom stereocenters. The van der Waals surface area contributed by atoms with Crippen LogP contribution in [0.5, 0.6) is 0 Å². The van der Waals surface area contributed by atoms with Gasteiger partial charge in [0.25, 0.3) is 0 Å². The number of rotatable bonds is 56. The van der Waals surface area contributed by atoms with Crippen LogP contribution in [0.4, 0.5) is 0 Å². The van der Waals surface area contributed by atoms with E-state index >= 15 is 0 Å². The normalized spacial score (nSPS) is 12.7. The molecular formula is C68H116O6. The number of hydrogen-bond donors (Lipinski definition) is 0. The zero-order valence-electron chi connectivity index (χ0n) is 48.6. The summed E-state index contributed by atoms with van der Waals surface area (Å²) < 4.78 is 16.8. The summed E-state index contributed by atoms with van der Waals surface area (Å²) >= 11 is 0. The Bertz CT molecular complexity index is 1460. The van der Waals surface area contributed by atoms with Crippen molar-refractivity contribution in [2.75, 3.05) is 13.2 Å². The molecule has 0 heterocycles. The smallest absolute Gasteiger partial charge is 0.306 e. The number of allylic oxidation sites excluding steroid dienone is 16. The molecule has 0 saturated heterocycles. The van der Waals surface area contributed by atoms with Crippen LogP contribution in [0.1, 0.15) is 297 Å². The van der Waals surface area contributed by atoms with E-state index in [9.17, 15) is 14.4 Å². The molecule has 0 radical (unpaired) electrons. The highest BCUT2D eigenvalue weighted by Crippen LogP contribution is 2.17. The second kappa shape index (κ2) is 61.9. The zero-order chi connectivity index (χ0) is 53.6. The highest BCUT2D eigenvalue weighted by atomic mass is 16.6. The number of carbonyl (C=O) groups excluding carboxylic acids is 3. The Morgan fingerprint density at radius 2 is 0.554 bits per heavy atom. The summed E-state index contributed by atoms with van der Waals surface area (Å²) in [6.45, 7) is 6.37. The molecular weight excluding hydrogens is 913 g/mol. The lowest BCUT2D eigenvalue weighted by Gasteiger charge is -2.18. The summed E-state index contributed by atoms with van der Waals surface area (Å²) in [4.78, 5) is 38.1. The third kappa shape index (κ3) is 59.2. The van der Waals surface area contributed by atoms with E-state index in [0.29, 0.717) is 19.3 Å². The number of unbranched alkanes of at least 4 members (excludes halogenated alkanes) is 29. The summed E-state index contributed by atoms with van der Waals surface area (Å²) in [7, 11) is 0. The van der Waals surface area contributed by atoms with Crippen molar-refractivity contribution >= 4 is 17.9 Å². The van der Waals surface area contributed by atoms with Crippen molar-refractivity contribution in [2.45, 2.75) is 303 Å². The van der Waals surface area contributed by atoms with Gasteiger partial charge >= 0.3 is 17.9 Å². The first-order valence-electron chi connectivity index (χ1n) is 31.2. The lowest BCUT2D eigenvalue weighted by Crippen LogP contribution is -2.30. The monoisotopic (exact) mass is 1030 g/mol. The minimum absolute atomic E-state index is 0.102. The summed E-state index contributed by atoms with van der Waals surface area (Å²) in [6, 6.07) is 0. The molecule has 0 aromatic rings. The minimum Gasteiger partial charge on any atom is -0.462 e. The highest BCUT2D eigenvalue weighted by Gasteiger charge is 2.19. The molecule has 6 heteroatoms. The van der Waals surface area contributed by atoms with Crippen molar-refractivity contribution in [2.24, 2.45) is 0 Å². The average molecular weight is 1030 g/mol. The van der Waals surface area contributed by atoms with Gasteiger partial charge in [-0.15, -0.1) is 0 Å². The quantitative estimate of drug-likeness (QED) is 0.0261. The molecule has 74 heavy (non-hydrogen) atoms. The van der Waals surface area contributed by atoms with Crippen molar-refractivity contribution in [1.29, 1.82) is 0 Å². The van der Waals surface area contributed by atoms with Crippen LogP contribution in [0.15, 0.2) is 97.2 Å². The Morgan fingerprint density at radius 3 is 0.878 bits per heavy atom. The van der Waals surface area contributed by atoms with Crippen molar-refractivity contribution < 1.29 is 28.6 Å². The molecule has 424 valence electrons. The Balaban J connectivity index is 4.16. The molecule has 0 bridgehead atoms. The number of carbonyl (C=O) groups is 3. The first-order chi connectivity index (χ1) is 36.5. The van der Waals surface area contributed by atoms with Crippen molar-refractivity contribution in [3.63, 3.8) is 0 Å². The number of hydrogen-bond acceptors (Lipinski definition) is 6. The third-order valence-corrected chi connectivity index (χ3v) is 13.3.